The lowest BCUT2D eigenvalue weighted by Crippen LogP contribution is -2.61. The predicted octanol–water partition coefficient (Wildman–Crippen LogP) is 9.96. The molecule has 1 saturated carbocycles. The van der Waals surface area contributed by atoms with E-state index in [-0.39, 0.29) is 79.9 Å². The van der Waals surface area contributed by atoms with Gasteiger partial charge in [0.05, 0.1) is 115 Å². The number of aliphatic hydroxyl groups is 2. The number of nitrogen functional groups attached to an aromatic ring is 2. The van der Waals surface area contributed by atoms with Crippen molar-refractivity contribution in [1.82, 2.24) is 64.8 Å². The molecule has 2 amide bonds. The zero-order valence-corrected chi connectivity index (χ0v) is 79.4. The number of methoxy groups -OCH3 is 3. The van der Waals surface area contributed by atoms with Gasteiger partial charge in [-0.25, -0.2) is 34.1 Å². The molecule has 36 heteroatoms. The first-order chi connectivity index (χ1) is 64.8. The third kappa shape index (κ3) is 28.8. The number of nitrogens with two attached hydrogens (primary N) is 2. The molecule has 5 aliphatic rings. The number of Topliss-reactive ketones (excluding diaryl/α,β-unsaturated/α-hetero) is 3. The summed E-state index contributed by atoms with van der Waals surface area (Å²) >= 11 is 0. The number of piperidine rings is 1. The number of aromatic nitrogens is 10. The molecule has 7 aromatic rings. The van der Waals surface area contributed by atoms with Crippen molar-refractivity contribution in [3.05, 3.63) is 126 Å². The van der Waals surface area contributed by atoms with E-state index >= 15 is 0 Å². The highest BCUT2D eigenvalue weighted by Gasteiger charge is 2.53. The standard InChI is InChI=1S/C98H138N16O20/c1-63-19-12-11-13-20-64(2)82(123-8)55-76-27-24-69(7)98(122,134-76)91(119)94(120)113-32-16-14-23-78(113)95(121)132-83(56-79(115)65(3)50-68(6)89(118)90(125-10)88(117)67(5)49-63)66(4)51-70-25-28-81(84(53-70)124-9)131-61-71-21-18-22-72(52-71)74-57-102-97(103-58-74)111-36-34-110(35-37-111)59-75-60-112(109-107-75)38-40-127-42-44-129-46-48-130-47-45-128-43-41-126-39-30-85(116)101-31-15-17-33-114-93-86(92(99)104-62-105-93)87(108-114)73-26-29-80-77(54-73)106-96(100)133-80/h11-13,18-22,26,29,50,52,54,57-58,60,62-63,65-67,69-70,76,78,81-84,89-90,118,122H,14-17,23-25,27-28,30-49,51,53,55-56,59,61H2,1-10H3,(H2,100,106)(H,101,116)(H2,99,104,105)/b13-11+,19-12+,64-20+,68-50+/t63-,65-,66-,67-,69-,70+,76+,78+,81-,82+,83+,84-,89-,90+,98-/m1/s1. The smallest absolute Gasteiger partial charge is 0.329 e. The number of aliphatic hydroxyl groups excluding tert-OH is 1. The molecule has 730 valence electrons. The van der Waals surface area contributed by atoms with Gasteiger partial charge < -0.3 is 93.3 Å². The largest absolute Gasteiger partial charge is 0.460 e. The molecule has 5 aromatic heterocycles. The van der Waals surface area contributed by atoms with Crippen molar-refractivity contribution in [2.75, 3.05) is 143 Å². The Bertz CT molecular complexity index is 5090. The first-order valence-electron chi connectivity index (χ1n) is 47.4. The van der Waals surface area contributed by atoms with Gasteiger partial charge in [-0.1, -0.05) is 94.5 Å². The molecule has 0 radical (unpaired) electrons. The summed E-state index contributed by atoms with van der Waals surface area (Å²) in [5.41, 5.74) is 20.2. The van der Waals surface area contributed by atoms with Gasteiger partial charge in [-0.3, -0.25) is 28.9 Å². The van der Waals surface area contributed by atoms with Crippen molar-refractivity contribution in [1.29, 1.82) is 0 Å². The summed E-state index contributed by atoms with van der Waals surface area (Å²) in [7, 11) is 4.65. The van der Waals surface area contributed by atoms with Crippen LogP contribution < -0.4 is 21.7 Å². The number of nitrogens with zero attached hydrogens (tertiary/aromatic N) is 13. The summed E-state index contributed by atoms with van der Waals surface area (Å²) in [6.45, 7) is 22.6. The van der Waals surface area contributed by atoms with Crippen LogP contribution in [-0.4, -0.2) is 286 Å². The molecule has 0 unspecified atom stereocenters. The molecule has 3 saturated heterocycles. The van der Waals surface area contributed by atoms with Crippen molar-refractivity contribution in [2.45, 2.75) is 226 Å². The molecule has 9 heterocycles. The number of piperazine rings is 1. The number of carbonyl (C=O) groups is 6. The number of ether oxygens (including phenoxy) is 11. The Hall–Kier alpha value is -10.1. The van der Waals surface area contributed by atoms with Crippen LogP contribution in [0.1, 0.15) is 156 Å². The third-order valence-electron chi connectivity index (χ3n) is 26.2. The minimum atomic E-state index is -2.47. The summed E-state index contributed by atoms with van der Waals surface area (Å²) in [5, 5.41) is 41.1. The fourth-order valence-electron chi connectivity index (χ4n) is 18.3. The van der Waals surface area contributed by atoms with Crippen LogP contribution in [0.2, 0.25) is 0 Å². The Kier molecular flexibility index (Phi) is 39.3. The molecule has 0 spiro atoms. The minimum absolute atomic E-state index is 0.0101. The van der Waals surface area contributed by atoms with Crippen LogP contribution in [0.15, 0.2) is 119 Å². The zero-order valence-electron chi connectivity index (χ0n) is 79.4. The van der Waals surface area contributed by atoms with Crippen LogP contribution in [-0.2, 0) is 107 Å². The Morgan fingerprint density at radius 3 is 2.20 bits per heavy atom. The van der Waals surface area contributed by atoms with Crippen LogP contribution in [0.25, 0.3) is 44.5 Å². The SMILES string of the molecule is CO[C@H]1C[C@@H]2CC[C@@H](C)[C@@](O)(O2)C(=O)C(=O)N2CCCC[C@H]2C(=O)O[C@H]([C@H](C)C[C@@H]2CC[C@@H](OCc3cccc(-c4cnc(N5CCN(Cc6cn(CCOCCOCCOCCOCCOCCC(=O)NCCCCn7nc(-c8ccc9oc(N)nc9c8)c8c(N)ncnc87)nn6)CC5)nc4)c3)[C@H](OC)C2)CC(=O)[C@H](C)/C=C(\C)[C@@H](O)[C@@H](OC)C(=O)[C@H](C)C[C@H](C)/C=C/C=C/C=C/1C. The fraction of sp³-hybridized carbons (Fsp3) is 0.612. The summed E-state index contributed by atoms with van der Waals surface area (Å²) in [4.78, 5) is 113. The number of anilines is 3. The normalized spacial score (nSPS) is 26.6. The number of oxazole rings is 1. The number of fused-ring (bicyclic) bond motifs is 5. The van der Waals surface area contributed by atoms with Crippen molar-refractivity contribution < 1.29 is 95.5 Å². The number of allylic oxidation sites excluding steroid dienone is 6. The molecule has 2 bridgehead atoms. The van der Waals surface area contributed by atoms with E-state index in [0.717, 1.165) is 79.0 Å². The fourth-order valence-corrected chi connectivity index (χ4v) is 18.3. The Morgan fingerprint density at radius 2 is 1.47 bits per heavy atom. The average Bonchev–Trinajstić information content (AvgIpc) is 1.77. The summed E-state index contributed by atoms with van der Waals surface area (Å²) in [6, 6.07) is 12.6. The quantitative estimate of drug-likeness (QED) is 0.0105. The highest BCUT2D eigenvalue weighted by atomic mass is 16.6. The Morgan fingerprint density at radius 1 is 0.731 bits per heavy atom. The summed E-state index contributed by atoms with van der Waals surface area (Å²) < 4.78 is 74.5. The highest BCUT2D eigenvalue weighted by molar-refractivity contribution is 6.39. The van der Waals surface area contributed by atoms with Gasteiger partial charge in [0.2, 0.25) is 17.6 Å². The number of amides is 2. The second-order valence-electron chi connectivity index (χ2n) is 36.2. The topological polar surface area (TPSA) is 444 Å². The predicted molar refractivity (Wildman–Crippen MR) is 501 cm³/mol. The molecule has 2 aromatic carbocycles. The van der Waals surface area contributed by atoms with E-state index in [1.165, 1.54) is 18.3 Å². The van der Waals surface area contributed by atoms with E-state index in [1.54, 1.807) is 56.5 Å². The molecule has 36 nitrogen and oxygen atoms in total. The third-order valence-corrected chi connectivity index (χ3v) is 26.2. The molecule has 12 rings (SSSR count). The van der Waals surface area contributed by atoms with Crippen LogP contribution in [0, 0.1) is 35.5 Å². The minimum Gasteiger partial charge on any atom is -0.460 e. The first kappa shape index (κ1) is 103. The molecule has 4 fully saturated rings. The first-order valence-corrected chi connectivity index (χ1v) is 47.4. The van der Waals surface area contributed by atoms with E-state index < -0.39 is 83.7 Å². The number of ketones is 3. The number of aryl methyl sites for hydroxylation is 1. The van der Waals surface area contributed by atoms with Gasteiger partial charge in [-0.2, -0.15) is 10.1 Å². The highest BCUT2D eigenvalue weighted by Crippen LogP contribution is 2.40. The summed E-state index contributed by atoms with van der Waals surface area (Å²) in [5.74, 6) is -7.40. The van der Waals surface area contributed by atoms with Gasteiger partial charge >= 0.3 is 5.97 Å². The van der Waals surface area contributed by atoms with Crippen LogP contribution in [0.3, 0.4) is 0 Å². The molecular formula is C98H138N16O20. The molecular weight excluding hydrogens is 1720 g/mol. The molecule has 134 heavy (non-hydrogen) atoms. The number of esters is 1. The van der Waals surface area contributed by atoms with Crippen molar-refractivity contribution >= 4 is 75.0 Å². The number of benzene rings is 2. The molecule has 7 N–H and O–H groups in total. The number of hydrogen-bond donors (Lipinski definition) is 5. The van der Waals surface area contributed by atoms with E-state index in [1.807, 2.05) is 107 Å². The van der Waals surface area contributed by atoms with E-state index in [4.69, 9.17) is 83.1 Å². The lowest BCUT2D eigenvalue weighted by Gasteiger charge is -2.42. The van der Waals surface area contributed by atoms with Crippen molar-refractivity contribution in [2.24, 2.45) is 35.5 Å². The molecule has 15 atom stereocenters. The number of rotatable bonds is 37. The zero-order chi connectivity index (χ0) is 95.2. The monoisotopic (exact) mass is 1860 g/mol. The van der Waals surface area contributed by atoms with Crippen LogP contribution >= 0.6 is 0 Å². The van der Waals surface area contributed by atoms with Gasteiger partial charge in [0, 0.05) is 140 Å². The van der Waals surface area contributed by atoms with Gasteiger partial charge in [-0.05, 0) is 155 Å². The van der Waals surface area contributed by atoms with E-state index in [9.17, 15) is 39.0 Å². The maximum atomic E-state index is 14.9. The van der Waals surface area contributed by atoms with Crippen LogP contribution in [0.4, 0.5) is 17.8 Å². The van der Waals surface area contributed by atoms with Gasteiger partial charge in [0.15, 0.2) is 17.0 Å². The number of unbranched alkanes of at least 4 members (excludes halogenated alkanes) is 1. The lowest BCUT2D eigenvalue weighted by molar-refractivity contribution is -0.265. The van der Waals surface area contributed by atoms with Crippen LogP contribution in [0.5, 0.6) is 0 Å². The lowest BCUT2D eigenvalue weighted by atomic mass is 9.78. The van der Waals surface area contributed by atoms with Gasteiger partial charge in [0.1, 0.15) is 53.5 Å². The van der Waals surface area contributed by atoms with E-state index in [0.29, 0.717) is 195 Å². The molecule has 4 aliphatic heterocycles. The van der Waals surface area contributed by atoms with Gasteiger partial charge in [0.25, 0.3) is 17.7 Å². The van der Waals surface area contributed by atoms with E-state index in [2.05, 4.69) is 46.4 Å². The maximum Gasteiger partial charge on any atom is 0.329 e. The number of cyclic esters (lactones) is 1. The molecule has 1 aliphatic carbocycles. The Labute approximate surface area is 784 Å². The number of hydrogen-bond acceptors (Lipinski definition) is 32. The summed E-state index contributed by atoms with van der Waals surface area (Å²) in [6.07, 6.45) is 20.3. The average molecular weight is 1860 g/mol. The second-order valence-corrected chi connectivity index (χ2v) is 36.2. The maximum absolute atomic E-state index is 14.9. The van der Waals surface area contributed by atoms with Gasteiger partial charge in [-0.15, -0.1) is 5.10 Å². The number of nitrogens with one attached hydrogen (secondary N) is 1. The Balaban J connectivity index is 0.525. The number of carbonyl (C=O) groups excluding carboxylic acids is 6. The van der Waals surface area contributed by atoms with Crippen molar-refractivity contribution in [3.63, 3.8) is 0 Å². The second kappa shape index (κ2) is 51.2. The van der Waals surface area contributed by atoms with Crippen molar-refractivity contribution in [3.8, 4) is 22.4 Å².